The number of ether oxygens (including phenoxy) is 2. The van der Waals surface area contributed by atoms with Gasteiger partial charge in [0.2, 0.25) is 5.78 Å². The molecule has 0 bridgehead atoms. The maximum Gasteiger partial charge on any atom is 0.407 e. The van der Waals surface area contributed by atoms with E-state index >= 15 is 0 Å². The number of esters is 1. The van der Waals surface area contributed by atoms with Crippen molar-refractivity contribution in [2.24, 2.45) is 0 Å². The van der Waals surface area contributed by atoms with Crippen LogP contribution in [0.4, 0.5) is 4.79 Å². The fourth-order valence-electron chi connectivity index (χ4n) is 4.33. The molecule has 0 aliphatic heterocycles. The van der Waals surface area contributed by atoms with Gasteiger partial charge >= 0.3 is 12.1 Å². The van der Waals surface area contributed by atoms with Gasteiger partial charge in [0, 0.05) is 11.5 Å². The summed E-state index contributed by atoms with van der Waals surface area (Å²) in [7, 11) is 0. The van der Waals surface area contributed by atoms with Gasteiger partial charge in [-0.2, -0.15) is 0 Å². The molecule has 1 aliphatic rings. The van der Waals surface area contributed by atoms with Gasteiger partial charge in [0.05, 0.1) is 6.10 Å². The van der Waals surface area contributed by atoms with Crippen LogP contribution in [0.1, 0.15) is 39.9 Å². The number of carbonyl (C=O) groups excluding carboxylic acids is 3. The SMILES string of the molecule is Cc1ccccc1C(=O)COC(=O)[C@@H](NC(=O)OCC1c2ccccc2-c2ccccc21)[C@@H](C)O. The lowest BCUT2D eigenvalue weighted by Gasteiger charge is -2.21. The van der Waals surface area contributed by atoms with Gasteiger partial charge in [-0.1, -0.05) is 72.8 Å². The van der Waals surface area contributed by atoms with Crippen LogP contribution in [-0.4, -0.2) is 48.3 Å². The van der Waals surface area contributed by atoms with Gasteiger partial charge in [0.15, 0.2) is 12.6 Å². The number of aryl methyl sites for hydroxylation is 1. The van der Waals surface area contributed by atoms with E-state index in [0.717, 1.165) is 27.8 Å². The number of nitrogens with one attached hydrogen (secondary N) is 1. The molecule has 35 heavy (non-hydrogen) atoms. The van der Waals surface area contributed by atoms with Crippen LogP contribution in [0.15, 0.2) is 72.8 Å². The van der Waals surface area contributed by atoms with E-state index in [-0.39, 0.29) is 18.3 Å². The monoisotopic (exact) mass is 473 g/mol. The summed E-state index contributed by atoms with van der Waals surface area (Å²) in [6.07, 6.45) is -2.11. The molecule has 7 nitrogen and oxygen atoms in total. The number of ketones is 1. The minimum Gasteiger partial charge on any atom is -0.456 e. The number of hydrogen-bond acceptors (Lipinski definition) is 6. The average Bonchev–Trinajstić information content (AvgIpc) is 3.18. The molecule has 0 saturated carbocycles. The lowest BCUT2D eigenvalue weighted by molar-refractivity contribution is -0.147. The Morgan fingerprint density at radius 3 is 2.06 bits per heavy atom. The first-order chi connectivity index (χ1) is 16.9. The Bertz CT molecular complexity index is 1210. The van der Waals surface area contributed by atoms with Crippen LogP contribution in [-0.2, 0) is 14.3 Å². The fourth-order valence-corrected chi connectivity index (χ4v) is 4.33. The van der Waals surface area contributed by atoms with Crippen LogP contribution >= 0.6 is 0 Å². The van der Waals surface area contributed by atoms with Crippen LogP contribution in [0.2, 0.25) is 0 Å². The second-order valence-corrected chi connectivity index (χ2v) is 8.53. The maximum absolute atomic E-state index is 12.5. The van der Waals surface area contributed by atoms with Crippen molar-refractivity contribution in [2.45, 2.75) is 31.9 Å². The number of amides is 1. The molecule has 3 aromatic carbocycles. The quantitative estimate of drug-likeness (QED) is 0.379. The number of fused-ring (bicyclic) bond motifs is 3. The number of benzene rings is 3. The first kappa shape index (κ1) is 24.2. The topological polar surface area (TPSA) is 102 Å². The zero-order chi connectivity index (χ0) is 24.9. The number of hydrogen-bond donors (Lipinski definition) is 2. The Labute approximate surface area is 203 Å². The number of alkyl carbamates (subject to hydrolysis) is 1. The summed E-state index contributed by atoms with van der Waals surface area (Å²) in [5.41, 5.74) is 5.52. The summed E-state index contributed by atoms with van der Waals surface area (Å²) < 4.78 is 10.5. The van der Waals surface area contributed by atoms with E-state index in [2.05, 4.69) is 5.32 Å². The van der Waals surface area contributed by atoms with Crippen molar-refractivity contribution in [3.8, 4) is 11.1 Å². The number of Topliss-reactive ketones (excluding diaryl/α,β-unsaturated/α-hetero) is 1. The molecule has 0 radical (unpaired) electrons. The molecule has 0 heterocycles. The van der Waals surface area contributed by atoms with E-state index in [9.17, 15) is 19.5 Å². The molecule has 0 unspecified atom stereocenters. The van der Waals surface area contributed by atoms with Crippen LogP contribution in [0.25, 0.3) is 11.1 Å². The van der Waals surface area contributed by atoms with Gasteiger partial charge in [-0.05, 0) is 41.7 Å². The van der Waals surface area contributed by atoms with E-state index in [1.165, 1.54) is 6.92 Å². The highest BCUT2D eigenvalue weighted by Crippen LogP contribution is 2.44. The van der Waals surface area contributed by atoms with Crippen LogP contribution in [0.3, 0.4) is 0 Å². The molecule has 1 amide bonds. The Hall–Kier alpha value is -3.97. The normalized spacial score (nSPS) is 13.8. The van der Waals surface area contributed by atoms with E-state index in [4.69, 9.17) is 9.47 Å². The van der Waals surface area contributed by atoms with E-state index in [1.807, 2.05) is 48.5 Å². The highest BCUT2D eigenvalue weighted by atomic mass is 16.6. The van der Waals surface area contributed by atoms with Gasteiger partial charge in [-0.25, -0.2) is 9.59 Å². The molecule has 180 valence electrons. The van der Waals surface area contributed by atoms with Crippen molar-refractivity contribution in [2.75, 3.05) is 13.2 Å². The second-order valence-electron chi connectivity index (χ2n) is 8.53. The third-order valence-electron chi connectivity index (χ3n) is 6.14. The molecular weight excluding hydrogens is 446 g/mol. The third kappa shape index (κ3) is 5.25. The summed E-state index contributed by atoms with van der Waals surface area (Å²) in [6, 6.07) is 21.5. The molecule has 0 saturated heterocycles. The predicted molar refractivity (Wildman–Crippen MR) is 130 cm³/mol. The van der Waals surface area contributed by atoms with Crippen molar-refractivity contribution in [1.82, 2.24) is 5.32 Å². The lowest BCUT2D eigenvalue weighted by Crippen LogP contribution is -2.49. The molecule has 1 aliphatic carbocycles. The highest BCUT2D eigenvalue weighted by Gasteiger charge is 2.31. The molecule has 2 N–H and O–H groups in total. The number of aliphatic hydroxyl groups is 1. The summed E-state index contributed by atoms with van der Waals surface area (Å²) in [5.74, 6) is -1.44. The summed E-state index contributed by atoms with van der Waals surface area (Å²) >= 11 is 0. The van der Waals surface area contributed by atoms with Crippen molar-refractivity contribution >= 4 is 17.8 Å². The molecule has 7 heteroatoms. The number of rotatable bonds is 8. The minimum atomic E-state index is -1.38. The van der Waals surface area contributed by atoms with Crippen molar-refractivity contribution < 1.29 is 29.0 Å². The lowest BCUT2D eigenvalue weighted by atomic mass is 9.98. The summed E-state index contributed by atoms with van der Waals surface area (Å²) in [6.45, 7) is 2.69. The van der Waals surface area contributed by atoms with E-state index in [1.54, 1.807) is 31.2 Å². The smallest absolute Gasteiger partial charge is 0.407 e. The van der Waals surface area contributed by atoms with Gasteiger partial charge in [0.25, 0.3) is 0 Å². The molecule has 0 aromatic heterocycles. The average molecular weight is 474 g/mol. The Morgan fingerprint density at radius 1 is 0.886 bits per heavy atom. The molecule has 0 fully saturated rings. The van der Waals surface area contributed by atoms with Crippen molar-refractivity contribution in [3.05, 3.63) is 95.1 Å². The summed E-state index contributed by atoms with van der Waals surface area (Å²) in [4.78, 5) is 37.4. The summed E-state index contributed by atoms with van der Waals surface area (Å²) in [5, 5.41) is 12.4. The fraction of sp³-hybridized carbons (Fsp3) is 0.250. The zero-order valence-corrected chi connectivity index (χ0v) is 19.6. The standard InChI is InChI=1S/C28H27NO6/c1-17-9-3-4-10-19(17)25(31)16-34-27(32)26(18(2)30)29-28(33)35-15-24-22-13-7-5-11-20(22)21-12-6-8-14-23(21)24/h3-14,18,24,26,30H,15-16H2,1-2H3,(H,29,33)/t18-,26+/m1/s1. The van der Waals surface area contributed by atoms with E-state index in [0.29, 0.717) is 5.56 Å². The first-order valence-corrected chi connectivity index (χ1v) is 11.4. The minimum absolute atomic E-state index is 0.0627. The van der Waals surface area contributed by atoms with Crippen molar-refractivity contribution in [1.29, 1.82) is 0 Å². The van der Waals surface area contributed by atoms with E-state index < -0.39 is 30.8 Å². The van der Waals surface area contributed by atoms with Gasteiger partial charge < -0.3 is 19.9 Å². The molecule has 2 atom stereocenters. The third-order valence-corrected chi connectivity index (χ3v) is 6.14. The van der Waals surface area contributed by atoms with Crippen LogP contribution in [0, 0.1) is 6.92 Å². The zero-order valence-electron chi connectivity index (χ0n) is 19.6. The van der Waals surface area contributed by atoms with Crippen LogP contribution < -0.4 is 5.32 Å². The Kier molecular flexibility index (Phi) is 7.27. The van der Waals surface area contributed by atoms with Crippen LogP contribution in [0.5, 0.6) is 0 Å². The molecule has 0 spiro atoms. The van der Waals surface area contributed by atoms with Crippen molar-refractivity contribution in [3.63, 3.8) is 0 Å². The van der Waals surface area contributed by atoms with Gasteiger partial charge in [0.1, 0.15) is 6.61 Å². The maximum atomic E-state index is 12.5. The first-order valence-electron chi connectivity index (χ1n) is 11.4. The number of aliphatic hydroxyl groups excluding tert-OH is 1. The molecular formula is C28H27NO6. The van der Waals surface area contributed by atoms with Gasteiger partial charge in [-0.15, -0.1) is 0 Å². The van der Waals surface area contributed by atoms with Gasteiger partial charge in [-0.3, -0.25) is 4.79 Å². The predicted octanol–water partition coefficient (Wildman–Crippen LogP) is 4.01. The molecule has 3 aromatic rings. The largest absolute Gasteiger partial charge is 0.456 e. The molecule has 4 rings (SSSR count). The second kappa shape index (κ2) is 10.5. The Balaban J connectivity index is 1.36. The number of carbonyl (C=O) groups is 3. The highest BCUT2D eigenvalue weighted by molar-refractivity contribution is 5.99. The Morgan fingerprint density at radius 2 is 1.46 bits per heavy atom.